The number of nitrogen functional groups attached to an aromatic ring is 1. The lowest BCUT2D eigenvalue weighted by atomic mass is 10.0. The molecule has 0 saturated heterocycles. The third-order valence-electron chi connectivity index (χ3n) is 3.24. The highest BCUT2D eigenvalue weighted by atomic mass is 32.2. The summed E-state index contributed by atoms with van der Waals surface area (Å²) in [5.41, 5.74) is 1.97. The smallest absolute Gasteiger partial charge is 0.234 e. The zero-order valence-electron chi connectivity index (χ0n) is 13.0. The summed E-state index contributed by atoms with van der Waals surface area (Å²) in [6.07, 6.45) is 0.706. The molecule has 2 aromatic rings. The molecule has 1 aromatic heterocycles. The number of nitrogens with two attached hydrogens (primary N) is 1. The van der Waals surface area contributed by atoms with Crippen molar-refractivity contribution >= 4 is 23.4 Å². The van der Waals surface area contributed by atoms with E-state index < -0.39 is 0 Å². The van der Waals surface area contributed by atoms with Gasteiger partial charge >= 0.3 is 0 Å². The fourth-order valence-electron chi connectivity index (χ4n) is 2.08. The van der Waals surface area contributed by atoms with Gasteiger partial charge in [-0.25, -0.2) is 4.68 Å². The van der Waals surface area contributed by atoms with Gasteiger partial charge < -0.3 is 11.2 Å². The summed E-state index contributed by atoms with van der Waals surface area (Å²) in [6, 6.07) is 7.83. The van der Waals surface area contributed by atoms with Crippen LogP contribution in [0.25, 0.3) is 0 Å². The molecule has 118 valence electrons. The Morgan fingerprint density at radius 1 is 1.36 bits per heavy atom. The summed E-state index contributed by atoms with van der Waals surface area (Å²) in [5.74, 6) is 7.07. The van der Waals surface area contributed by atoms with Gasteiger partial charge in [0.05, 0.1) is 5.75 Å². The second-order valence-corrected chi connectivity index (χ2v) is 6.14. The van der Waals surface area contributed by atoms with Crippen molar-refractivity contribution in [3.63, 3.8) is 0 Å². The molecule has 0 unspecified atom stereocenters. The third-order valence-corrected chi connectivity index (χ3v) is 4.18. The van der Waals surface area contributed by atoms with Crippen LogP contribution in [0.2, 0.25) is 0 Å². The summed E-state index contributed by atoms with van der Waals surface area (Å²) < 4.78 is 1.43. The van der Waals surface area contributed by atoms with Gasteiger partial charge in [0.2, 0.25) is 11.1 Å². The Balaban J connectivity index is 1.97. The lowest BCUT2D eigenvalue weighted by Crippen LogP contribution is -2.17. The zero-order valence-corrected chi connectivity index (χ0v) is 13.9. The Labute approximate surface area is 134 Å². The van der Waals surface area contributed by atoms with Crippen molar-refractivity contribution < 1.29 is 4.79 Å². The Morgan fingerprint density at radius 2 is 2.09 bits per heavy atom. The summed E-state index contributed by atoms with van der Waals surface area (Å²) in [6.45, 7) is 6.16. The van der Waals surface area contributed by atoms with Crippen LogP contribution in [0.1, 0.15) is 38.1 Å². The normalized spacial score (nSPS) is 10.9. The standard InChI is InChI=1S/C15H21N5OS/c1-4-13-18-19-15(20(13)16)22-9-14(21)17-12-8-6-5-7-11(12)10(2)3/h5-8,10H,4,9,16H2,1-3H3,(H,17,21). The monoisotopic (exact) mass is 319 g/mol. The number of nitrogens with zero attached hydrogens (tertiary/aromatic N) is 3. The molecule has 0 fully saturated rings. The predicted octanol–water partition coefficient (Wildman–Crippen LogP) is 2.41. The number of carbonyl (C=O) groups is 1. The summed E-state index contributed by atoms with van der Waals surface area (Å²) in [4.78, 5) is 12.1. The number of aryl methyl sites for hydroxylation is 1. The van der Waals surface area contributed by atoms with Crippen LogP contribution in [0.15, 0.2) is 29.4 Å². The maximum atomic E-state index is 12.1. The van der Waals surface area contributed by atoms with Gasteiger partial charge in [0, 0.05) is 12.1 Å². The molecule has 1 heterocycles. The average molecular weight is 319 g/mol. The predicted molar refractivity (Wildman–Crippen MR) is 89.4 cm³/mol. The number of hydrogen-bond acceptors (Lipinski definition) is 5. The van der Waals surface area contributed by atoms with Crippen LogP contribution in [-0.2, 0) is 11.2 Å². The number of carbonyl (C=O) groups excluding carboxylic acids is 1. The highest BCUT2D eigenvalue weighted by Gasteiger charge is 2.13. The van der Waals surface area contributed by atoms with Crippen molar-refractivity contribution in [3.8, 4) is 0 Å². The van der Waals surface area contributed by atoms with Crippen LogP contribution in [-0.4, -0.2) is 26.5 Å². The average Bonchev–Trinajstić information content (AvgIpc) is 2.85. The Morgan fingerprint density at radius 3 is 2.73 bits per heavy atom. The molecule has 0 bridgehead atoms. The number of anilines is 1. The number of amides is 1. The first-order valence-electron chi connectivity index (χ1n) is 7.23. The number of benzene rings is 1. The van der Waals surface area contributed by atoms with Gasteiger partial charge in [0.15, 0.2) is 5.82 Å². The van der Waals surface area contributed by atoms with E-state index >= 15 is 0 Å². The Bertz CT molecular complexity index is 653. The van der Waals surface area contributed by atoms with Gasteiger partial charge in [-0.2, -0.15) is 0 Å². The maximum absolute atomic E-state index is 12.1. The van der Waals surface area contributed by atoms with E-state index in [0.717, 1.165) is 11.3 Å². The molecule has 0 aliphatic heterocycles. The molecule has 0 spiro atoms. The molecular formula is C15H21N5OS. The molecule has 0 radical (unpaired) electrons. The van der Waals surface area contributed by atoms with Gasteiger partial charge in [-0.05, 0) is 17.5 Å². The zero-order chi connectivity index (χ0) is 16.1. The van der Waals surface area contributed by atoms with Crippen molar-refractivity contribution in [1.29, 1.82) is 0 Å². The van der Waals surface area contributed by atoms with Crippen LogP contribution < -0.4 is 11.2 Å². The molecule has 3 N–H and O–H groups in total. The molecule has 6 nitrogen and oxygen atoms in total. The van der Waals surface area contributed by atoms with Gasteiger partial charge in [-0.1, -0.05) is 50.7 Å². The van der Waals surface area contributed by atoms with E-state index in [1.54, 1.807) is 0 Å². The van der Waals surface area contributed by atoms with E-state index in [-0.39, 0.29) is 11.7 Å². The van der Waals surface area contributed by atoms with Crippen molar-refractivity contribution in [2.45, 2.75) is 38.3 Å². The van der Waals surface area contributed by atoms with E-state index in [1.807, 2.05) is 31.2 Å². The molecule has 2 rings (SSSR count). The van der Waals surface area contributed by atoms with Crippen LogP contribution in [0.5, 0.6) is 0 Å². The topological polar surface area (TPSA) is 85.8 Å². The number of nitrogens with one attached hydrogen (secondary N) is 1. The van der Waals surface area contributed by atoms with Crippen molar-refractivity contribution in [2.75, 3.05) is 16.9 Å². The fraction of sp³-hybridized carbons (Fsp3) is 0.400. The minimum atomic E-state index is -0.0841. The first kappa shape index (κ1) is 16.4. The van der Waals surface area contributed by atoms with Crippen LogP contribution in [0, 0.1) is 0 Å². The largest absolute Gasteiger partial charge is 0.336 e. The van der Waals surface area contributed by atoms with Crippen LogP contribution >= 0.6 is 11.8 Å². The van der Waals surface area contributed by atoms with E-state index in [1.165, 1.54) is 16.4 Å². The van der Waals surface area contributed by atoms with Crippen LogP contribution in [0.3, 0.4) is 0 Å². The molecule has 0 atom stereocenters. The van der Waals surface area contributed by atoms with Crippen molar-refractivity contribution in [2.24, 2.45) is 0 Å². The van der Waals surface area contributed by atoms with Crippen molar-refractivity contribution in [3.05, 3.63) is 35.7 Å². The van der Waals surface area contributed by atoms with Crippen LogP contribution in [0.4, 0.5) is 5.69 Å². The summed E-state index contributed by atoms with van der Waals surface area (Å²) >= 11 is 1.28. The van der Waals surface area contributed by atoms with Crippen molar-refractivity contribution in [1.82, 2.24) is 14.9 Å². The second-order valence-electron chi connectivity index (χ2n) is 5.20. The molecule has 1 aromatic carbocycles. The van der Waals surface area contributed by atoms with Gasteiger partial charge in [-0.3, -0.25) is 4.79 Å². The third kappa shape index (κ3) is 3.79. The van der Waals surface area contributed by atoms with Gasteiger partial charge in [0.25, 0.3) is 0 Å². The number of rotatable bonds is 6. The number of thioether (sulfide) groups is 1. The molecule has 0 aliphatic carbocycles. The molecular weight excluding hydrogens is 298 g/mol. The van der Waals surface area contributed by atoms with E-state index in [4.69, 9.17) is 5.84 Å². The molecule has 0 saturated carbocycles. The Kier molecular flexibility index (Phi) is 5.43. The lowest BCUT2D eigenvalue weighted by Gasteiger charge is -2.13. The first-order valence-corrected chi connectivity index (χ1v) is 8.22. The summed E-state index contributed by atoms with van der Waals surface area (Å²) in [5, 5.41) is 11.4. The van der Waals surface area contributed by atoms with Gasteiger partial charge in [-0.15, -0.1) is 10.2 Å². The van der Waals surface area contributed by atoms with E-state index in [9.17, 15) is 4.79 Å². The molecule has 7 heteroatoms. The molecule has 1 amide bonds. The number of aromatic nitrogens is 3. The second kappa shape index (κ2) is 7.31. The highest BCUT2D eigenvalue weighted by molar-refractivity contribution is 7.99. The quantitative estimate of drug-likeness (QED) is 0.631. The van der Waals surface area contributed by atoms with E-state index in [2.05, 4.69) is 29.4 Å². The SMILES string of the molecule is CCc1nnc(SCC(=O)Nc2ccccc2C(C)C)n1N. The van der Waals surface area contributed by atoms with E-state index in [0.29, 0.717) is 23.3 Å². The number of hydrogen-bond donors (Lipinski definition) is 2. The lowest BCUT2D eigenvalue weighted by molar-refractivity contribution is -0.113. The summed E-state index contributed by atoms with van der Waals surface area (Å²) in [7, 11) is 0. The van der Waals surface area contributed by atoms with Gasteiger partial charge in [0.1, 0.15) is 0 Å². The fourth-order valence-corrected chi connectivity index (χ4v) is 2.75. The Hall–Kier alpha value is -2.02. The number of para-hydroxylation sites is 1. The minimum absolute atomic E-state index is 0.0841. The highest BCUT2D eigenvalue weighted by Crippen LogP contribution is 2.24. The first-order chi connectivity index (χ1) is 10.5. The molecule has 22 heavy (non-hydrogen) atoms. The molecule has 0 aliphatic rings. The maximum Gasteiger partial charge on any atom is 0.234 e. The minimum Gasteiger partial charge on any atom is -0.336 e.